The largest absolute Gasteiger partial charge is 0.199 e. The predicted octanol–water partition coefficient (Wildman–Crippen LogP) is 6.24. The van der Waals surface area contributed by atoms with E-state index in [1.807, 2.05) is 6.08 Å². The molecule has 0 N–H and O–H groups in total. The van der Waals surface area contributed by atoms with Gasteiger partial charge in [0, 0.05) is 0 Å². The molecule has 0 bridgehead atoms. The number of nitriles is 1. The van der Waals surface area contributed by atoms with Gasteiger partial charge in [-0.05, 0) is 67.6 Å². The molecule has 2 rings (SSSR count). The molecule has 0 aliphatic heterocycles. The van der Waals surface area contributed by atoms with Crippen LogP contribution in [0.25, 0.3) is 0 Å². The number of unbranched alkanes of at least 4 members (excludes halogenated alkanes) is 1. The standard InChI is InChI=1S/C21H26FN/c1-2-3-5-17-8-12-19(13-9-17)20-14-10-18(11-15-20)6-4-7-21(22)16-23/h4,6-9,12-13,18,20H,2-3,5,10-11,14-15H2,1H3/t18-,20-. The van der Waals surface area contributed by atoms with E-state index in [1.54, 1.807) is 6.08 Å². The molecule has 0 aromatic heterocycles. The van der Waals surface area contributed by atoms with E-state index in [2.05, 4.69) is 31.2 Å². The number of hydrogen-bond acceptors (Lipinski definition) is 1. The van der Waals surface area contributed by atoms with Crippen molar-refractivity contribution in [3.8, 4) is 6.07 Å². The Balaban J connectivity index is 1.83. The Morgan fingerprint density at radius 1 is 1.22 bits per heavy atom. The summed E-state index contributed by atoms with van der Waals surface area (Å²) in [5.41, 5.74) is 2.90. The van der Waals surface area contributed by atoms with Gasteiger partial charge in [-0.2, -0.15) is 9.65 Å². The molecule has 0 saturated heterocycles. The molecule has 0 heterocycles. The molecule has 1 saturated carbocycles. The predicted molar refractivity (Wildman–Crippen MR) is 93.7 cm³/mol. The fourth-order valence-corrected chi connectivity index (χ4v) is 3.32. The summed E-state index contributed by atoms with van der Waals surface area (Å²) in [5.74, 6) is 0.446. The zero-order chi connectivity index (χ0) is 16.5. The Morgan fingerprint density at radius 3 is 2.52 bits per heavy atom. The first-order chi connectivity index (χ1) is 11.2. The molecule has 1 aromatic rings. The minimum atomic E-state index is -0.724. The van der Waals surface area contributed by atoms with Crippen LogP contribution in [0.1, 0.15) is 62.5 Å². The SMILES string of the molecule is CCCCc1ccc([C@H]2CC[C@H](C=CC=C(F)C#N)CC2)cc1. The van der Waals surface area contributed by atoms with E-state index in [1.165, 1.54) is 55.4 Å². The van der Waals surface area contributed by atoms with Crippen molar-refractivity contribution in [3.63, 3.8) is 0 Å². The maximum absolute atomic E-state index is 12.7. The van der Waals surface area contributed by atoms with Crippen LogP contribution < -0.4 is 0 Å². The molecule has 0 radical (unpaired) electrons. The van der Waals surface area contributed by atoms with Crippen LogP contribution in [0.5, 0.6) is 0 Å². The third-order valence-electron chi connectivity index (χ3n) is 4.77. The lowest BCUT2D eigenvalue weighted by molar-refractivity contribution is 0.376. The quantitative estimate of drug-likeness (QED) is 0.451. The van der Waals surface area contributed by atoms with E-state index in [9.17, 15) is 4.39 Å². The van der Waals surface area contributed by atoms with Gasteiger partial charge < -0.3 is 0 Å². The fourth-order valence-electron chi connectivity index (χ4n) is 3.32. The van der Waals surface area contributed by atoms with Crippen LogP contribution in [0.3, 0.4) is 0 Å². The van der Waals surface area contributed by atoms with Gasteiger partial charge in [0.15, 0.2) is 5.83 Å². The molecule has 0 spiro atoms. The zero-order valence-electron chi connectivity index (χ0n) is 14.0. The smallest absolute Gasteiger partial charge is 0.195 e. The molecule has 1 nitrogen and oxygen atoms in total. The number of nitrogens with zero attached hydrogens (tertiary/aromatic N) is 1. The first-order valence-electron chi connectivity index (χ1n) is 8.75. The van der Waals surface area contributed by atoms with Gasteiger partial charge in [-0.25, -0.2) is 0 Å². The molecule has 1 aromatic carbocycles. The molecule has 0 atom stereocenters. The second kappa shape index (κ2) is 9.30. The third-order valence-corrected chi connectivity index (χ3v) is 4.77. The summed E-state index contributed by atoms with van der Waals surface area (Å²) >= 11 is 0. The van der Waals surface area contributed by atoms with Gasteiger partial charge in [-0.1, -0.05) is 49.8 Å². The lowest BCUT2D eigenvalue weighted by Gasteiger charge is -2.27. The average Bonchev–Trinajstić information content (AvgIpc) is 2.61. The molecule has 122 valence electrons. The number of rotatable bonds is 6. The molecule has 23 heavy (non-hydrogen) atoms. The first-order valence-corrected chi connectivity index (χ1v) is 8.75. The summed E-state index contributed by atoms with van der Waals surface area (Å²) in [7, 11) is 0. The van der Waals surface area contributed by atoms with Crippen LogP contribution in [0.15, 0.2) is 48.3 Å². The molecular weight excluding hydrogens is 285 g/mol. The molecule has 1 fully saturated rings. The van der Waals surface area contributed by atoms with Crippen LogP contribution in [0.2, 0.25) is 0 Å². The maximum Gasteiger partial charge on any atom is 0.199 e. The van der Waals surface area contributed by atoms with Crippen molar-refractivity contribution >= 4 is 0 Å². The van der Waals surface area contributed by atoms with Crippen LogP contribution in [0, 0.1) is 17.2 Å². The van der Waals surface area contributed by atoms with Crippen molar-refractivity contribution in [2.45, 2.75) is 57.8 Å². The van der Waals surface area contributed by atoms with Gasteiger partial charge in [0.2, 0.25) is 0 Å². The molecule has 0 unspecified atom stereocenters. The van der Waals surface area contributed by atoms with Crippen molar-refractivity contribution in [2.24, 2.45) is 5.92 Å². The minimum absolute atomic E-state index is 0.512. The van der Waals surface area contributed by atoms with Gasteiger partial charge in [0.05, 0.1) is 0 Å². The number of halogens is 1. The van der Waals surface area contributed by atoms with E-state index in [4.69, 9.17) is 5.26 Å². The van der Waals surface area contributed by atoms with Gasteiger partial charge >= 0.3 is 0 Å². The summed E-state index contributed by atoms with van der Waals surface area (Å²) in [4.78, 5) is 0. The Morgan fingerprint density at radius 2 is 1.91 bits per heavy atom. The molecule has 2 heteroatoms. The zero-order valence-corrected chi connectivity index (χ0v) is 14.0. The second-order valence-corrected chi connectivity index (χ2v) is 6.47. The molecule has 0 amide bonds. The average molecular weight is 311 g/mol. The summed E-state index contributed by atoms with van der Waals surface area (Å²) in [6, 6.07) is 10.7. The highest BCUT2D eigenvalue weighted by Crippen LogP contribution is 2.36. The fraction of sp³-hybridized carbons (Fsp3) is 0.476. The van der Waals surface area contributed by atoms with Gasteiger partial charge in [0.25, 0.3) is 0 Å². The minimum Gasteiger partial charge on any atom is -0.195 e. The van der Waals surface area contributed by atoms with Crippen molar-refractivity contribution in [3.05, 3.63) is 59.4 Å². The van der Waals surface area contributed by atoms with E-state index in [0.29, 0.717) is 11.8 Å². The number of aryl methyl sites for hydroxylation is 1. The van der Waals surface area contributed by atoms with Gasteiger partial charge in [-0.15, -0.1) is 0 Å². The molecule has 1 aliphatic carbocycles. The highest BCUT2D eigenvalue weighted by Gasteiger charge is 2.20. The summed E-state index contributed by atoms with van der Waals surface area (Å²) in [5, 5.41) is 8.37. The van der Waals surface area contributed by atoms with Gasteiger partial charge in [-0.3, -0.25) is 0 Å². The highest BCUT2D eigenvalue weighted by atomic mass is 19.1. The Labute approximate surface area is 139 Å². The normalized spacial score (nSPS) is 22.2. The van der Waals surface area contributed by atoms with Crippen molar-refractivity contribution in [1.82, 2.24) is 0 Å². The second-order valence-electron chi connectivity index (χ2n) is 6.47. The Kier molecular flexibility index (Phi) is 7.07. The van der Waals surface area contributed by atoms with Crippen molar-refractivity contribution in [2.75, 3.05) is 0 Å². The topological polar surface area (TPSA) is 23.8 Å². The number of allylic oxidation sites excluding steroid dienone is 4. The van der Waals surface area contributed by atoms with E-state index < -0.39 is 5.83 Å². The molecular formula is C21H26FN. The maximum atomic E-state index is 12.7. The Hall–Kier alpha value is -1.88. The summed E-state index contributed by atoms with van der Waals surface area (Å²) < 4.78 is 12.7. The first kappa shape index (κ1) is 17.5. The lowest BCUT2D eigenvalue weighted by atomic mass is 9.78. The van der Waals surface area contributed by atoms with E-state index in [-0.39, 0.29) is 0 Å². The van der Waals surface area contributed by atoms with Crippen molar-refractivity contribution in [1.29, 1.82) is 5.26 Å². The van der Waals surface area contributed by atoms with Crippen LogP contribution >= 0.6 is 0 Å². The van der Waals surface area contributed by atoms with E-state index >= 15 is 0 Å². The highest BCUT2D eigenvalue weighted by molar-refractivity contribution is 5.26. The molecule has 1 aliphatic rings. The van der Waals surface area contributed by atoms with Gasteiger partial charge in [0.1, 0.15) is 6.07 Å². The van der Waals surface area contributed by atoms with Crippen LogP contribution in [-0.4, -0.2) is 0 Å². The summed E-state index contributed by atoms with van der Waals surface area (Å²) in [6.07, 6.45) is 13.3. The Bertz CT molecular complexity index is 569. The summed E-state index contributed by atoms with van der Waals surface area (Å²) in [6.45, 7) is 2.23. The lowest BCUT2D eigenvalue weighted by Crippen LogP contribution is -2.11. The third kappa shape index (κ3) is 5.67. The van der Waals surface area contributed by atoms with Crippen LogP contribution in [0.4, 0.5) is 4.39 Å². The number of benzene rings is 1. The van der Waals surface area contributed by atoms with Crippen molar-refractivity contribution < 1.29 is 4.39 Å². The van der Waals surface area contributed by atoms with Crippen LogP contribution in [-0.2, 0) is 6.42 Å². The number of hydrogen-bond donors (Lipinski definition) is 0. The monoisotopic (exact) mass is 311 g/mol. The van der Waals surface area contributed by atoms with E-state index in [0.717, 1.165) is 12.8 Å².